The Hall–Kier alpha value is -2.72. The van der Waals surface area contributed by atoms with Gasteiger partial charge in [-0.25, -0.2) is 4.98 Å². The zero-order valence-corrected chi connectivity index (χ0v) is 10.8. The molecule has 0 saturated carbocycles. The van der Waals surface area contributed by atoms with Crippen LogP contribution < -0.4 is 5.32 Å². The third-order valence-corrected chi connectivity index (χ3v) is 2.30. The molecular weight excluding hydrogens is 260 g/mol. The lowest BCUT2D eigenvalue weighted by Gasteiger charge is -2.03. The molecule has 0 aromatic carbocycles. The van der Waals surface area contributed by atoms with Crippen molar-refractivity contribution in [1.82, 2.24) is 20.4 Å². The van der Waals surface area contributed by atoms with Gasteiger partial charge in [0.2, 0.25) is 5.89 Å². The lowest BCUT2D eigenvalue weighted by molar-refractivity contribution is 0.0944. The third-order valence-electron chi connectivity index (χ3n) is 2.30. The summed E-state index contributed by atoms with van der Waals surface area (Å²) in [4.78, 5) is 20.0. The molecule has 2 heterocycles. The van der Waals surface area contributed by atoms with E-state index in [1.807, 2.05) is 0 Å². The Balaban J connectivity index is 2.09. The maximum atomic E-state index is 12.0. The topological polar surface area (TPSA) is 101 Å². The van der Waals surface area contributed by atoms with E-state index in [1.165, 1.54) is 6.20 Å². The van der Waals surface area contributed by atoms with Crippen molar-refractivity contribution in [3.05, 3.63) is 41.3 Å². The number of nitrogens with zero attached hydrogens (tertiary/aromatic N) is 3. The minimum Gasteiger partial charge on any atom is -0.384 e. The molecule has 0 unspecified atom stereocenters. The van der Waals surface area contributed by atoms with Gasteiger partial charge in [0.25, 0.3) is 5.91 Å². The van der Waals surface area contributed by atoms with E-state index in [4.69, 9.17) is 9.63 Å². The second-order valence-corrected chi connectivity index (χ2v) is 3.77. The largest absolute Gasteiger partial charge is 0.384 e. The van der Waals surface area contributed by atoms with Gasteiger partial charge in [0, 0.05) is 13.1 Å². The minimum absolute atomic E-state index is 0.139. The monoisotopic (exact) mass is 272 g/mol. The summed E-state index contributed by atoms with van der Waals surface area (Å²) in [5.74, 6) is 5.58. The Bertz CT molecular complexity index is 669. The molecule has 2 aromatic rings. The maximum absolute atomic E-state index is 12.0. The molecule has 102 valence electrons. The highest BCUT2D eigenvalue weighted by Gasteiger charge is 2.12. The summed E-state index contributed by atoms with van der Waals surface area (Å²) in [6.45, 7) is 1.53. The summed E-state index contributed by atoms with van der Waals surface area (Å²) in [5, 5.41) is 15.0. The Morgan fingerprint density at radius 1 is 1.55 bits per heavy atom. The molecule has 7 heteroatoms. The molecule has 1 amide bonds. The number of carbonyl (C=O) groups is 1. The first-order valence-electron chi connectivity index (χ1n) is 5.83. The predicted molar refractivity (Wildman–Crippen MR) is 68.4 cm³/mol. The van der Waals surface area contributed by atoms with Crippen LogP contribution >= 0.6 is 0 Å². The first-order chi connectivity index (χ1) is 9.70. The van der Waals surface area contributed by atoms with Crippen molar-refractivity contribution in [2.24, 2.45) is 0 Å². The van der Waals surface area contributed by atoms with Crippen molar-refractivity contribution < 1.29 is 14.4 Å². The van der Waals surface area contributed by atoms with Crippen LogP contribution in [-0.4, -0.2) is 32.7 Å². The van der Waals surface area contributed by atoms with Crippen molar-refractivity contribution in [1.29, 1.82) is 0 Å². The lowest BCUT2D eigenvalue weighted by atomic mass is 10.2. The van der Waals surface area contributed by atoms with Crippen LogP contribution in [0.25, 0.3) is 0 Å². The average molecular weight is 272 g/mol. The van der Waals surface area contributed by atoms with Crippen molar-refractivity contribution in [3.8, 4) is 11.8 Å². The number of aromatic nitrogens is 3. The van der Waals surface area contributed by atoms with Gasteiger partial charge in [0.1, 0.15) is 12.3 Å². The summed E-state index contributed by atoms with van der Waals surface area (Å²) in [5.41, 5.74) is 0.636. The number of pyridine rings is 1. The SMILES string of the molecule is Cc1nc(CNC(=O)c2ncccc2C#CCO)no1. The zero-order valence-electron chi connectivity index (χ0n) is 10.8. The number of amides is 1. The molecule has 2 aromatic heterocycles. The highest BCUT2D eigenvalue weighted by atomic mass is 16.5. The van der Waals surface area contributed by atoms with E-state index in [9.17, 15) is 4.79 Å². The van der Waals surface area contributed by atoms with Crippen LogP contribution in [0.3, 0.4) is 0 Å². The third kappa shape index (κ3) is 3.40. The van der Waals surface area contributed by atoms with Gasteiger partial charge in [-0.05, 0) is 12.1 Å². The molecule has 0 atom stereocenters. The number of hydrogen-bond acceptors (Lipinski definition) is 6. The van der Waals surface area contributed by atoms with Gasteiger partial charge in [-0.3, -0.25) is 4.79 Å². The van der Waals surface area contributed by atoms with Crippen LogP contribution in [0.2, 0.25) is 0 Å². The number of carbonyl (C=O) groups excluding carboxylic acids is 1. The summed E-state index contributed by atoms with van der Waals surface area (Å²) in [6, 6.07) is 3.32. The van der Waals surface area contributed by atoms with E-state index in [1.54, 1.807) is 19.1 Å². The molecule has 0 aliphatic heterocycles. The quantitative estimate of drug-likeness (QED) is 0.765. The average Bonchev–Trinajstić information content (AvgIpc) is 2.88. The number of aliphatic hydroxyl groups is 1. The van der Waals surface area contributed by atoms with E-state index in [0.29, 0.717) is 17.3 Å². The Morgan fingerprint density at radius 3 is 3.10 bits per heavy atom. The molecule has 2 N–H and O–H groups in total. The predicted octanol–water partition coefficient (Wildman–Crippen LogP) is 0.0468. The van der Waals surface area contributed by atoms with Gasteiger partial charge >= 0.3 is 0 Å². The Labute approximate surface area is 115 Å². The number of hydrogen-bond donors (Lipinski definition) is 2. The second kappa shape index (κ2) is 6.45. The lowest BCUT2D eigenvalue weighted by Crippen LogP contribution is -2.25. The summed E-state index contributed by atoms with van der Waals surface area (Å²) < 4.78 is 4.80. The fourth-order valence-corrected chi connectivity index (χ4v) is 1.48. The van der Waals surface area contributed by atoms with Crippen LogP contribution in [0, 0.1) is 18.8 Å². The molecule has 0 aliphatic carbocycles. The molecule has 0 saturated heterocycles. The van der Waals surface area contributed by atoms with Gasteiger partial charge < -0.3 is 14.9 Å². The van der Waals surface area contributed by atoms with E-state index >= 15 is 0 Å². The van der Waals surface area contributed by atoms with E-state index in [2.05, 4.69) is 32.3 Å². The molecule has 20 heavy (non-hydrogen) atoms. The molecule has 2 rings (SSSR count). The number of aryl methyl sites for hydroxylation is 1. The van der Waals surface area contributed by atoms with Crippen LogP contribution in [0.1, 0.15) is 27.8 Å². The van der Waals surface area contributed by atoms with Crippen LogP contribution in [0.4, 0.5) is 0 Å². The number of rotatable bonds is 3. The fraction of sp³-hybridized carbons (Fsp3) is 0.231. The Morgan fingerprint density at radius 2 is 2.40 bits per heavy atom. The smallest absolute Gasteiger partial charge is 0.271 e. The summed E-state index contributed by atoms with van der Waals surface area (Å²) in [6.07, 6.45) is 1.50. The van der Waals surface area contributed by atoms with Crippen molar-refractivity contribution in [2.75, 3.05) is 6.61 Å². The first kappa shape index (κ1) is 13.7. The minimum atomic E-state index is -0.393. The zero-order chi connectivity index (χ0) is 14.4. The normalized spacial score (nSPS) is 9.70. The van der Waals surface area contributed by atoms with Gasteiger partial charge in [-0.1, -0.05) is 17.0 Å². The summed E-state index contributed by atoms with van der Waals surface area (Å²) >= 11 is 0. The van der Waals surface area contributed by atoms with Crippen molar-refractivity contribution in [2.45, 2.75) is 13.5 Å². The highest BCUT2D eigenvalue weighted by molar-refractivity contribution is 5.94. The van der Waals surface area contributed by atoms with Crippen LogP contribution in [0.15, 0.2) is 22.9 Å². The first-order valence-corrected chi connectivity index (χ1v) is 5.83. The highest BCUT2D eigenvalue weighted by Crippen LogP contribution is 2.04. The van der Waals surface area contributed by atoms with Crippen molar-refractivity contribution >= 4 is 5.91 Å². The van der Waals surface area contributed by atoms with Crippen LogP contribution in [-0.2, 0) is 6.54 Å². The molecule has 0 fully saturated rings. The van der Waals surface area contributed by atoms with E-state index < -0.39 is 5.91 Å². The molecule has 0 spiro atoms. The van der Waals surface area contributed by atoms with Crippen molar-refractivity contribution in [3.63, 3.8) is 0 Å². The van der Waals surface area contributed by atoms with Crippen LogP contribution in [0.5, 0.6) is 0 Å². The summed E-state index contributed by atoms with van der Waals surface area (Å²) in [7, 11) is 0. The van der Waals surface area contributed by atoms with Gasteiger partial charge in [-0.2, -0.15) is 4.98 Å². The second-order valence-electron chi connectivity index (χ2n) is 3.77. The standard InChI is InChI=1S/C13H12N4O3/c1-9-16-11(17-20-9)8-15-13(19)12-10(5-3-7-18)4-2-6-14-12/h2,4,6,18H,7-8H2,1H3,(H,15,19). The molecule has 0 radical (unpaired) electrons. The van der Waals surface area contributed by atoms with Gasteiger partial charge in [0.15, 0.2) is 5.82 Å². The molecule has 0 aliphatic rings. The van der Waals surface area contributed by atoms with Gasteiger partial charge in [-0.15, -0.1) is 0 Å². The fourth-order valence-electron chi connectivity index (χ4n) is 1.48. The van der Waals surface area contributed by atoms with E-state index in [0.717, 1.165) is 0 Å². The molecular formula is C13H12N4O3. The molecule has 0 bridgehead atoms. The number of nitrogens with one attached hydrogen (secondary N) is 1. The number of aliphatic hydroxyl groups excluding tert-OH is 1. The Kier molecular flexibility index (Phi) is 4.42. The van der Waals surface area contributed by atoms with E-state index in [-0.39, 0.29) is 18.8 Å². The molecule has 7 nitrogen and oxygen atoms in total. The van der Waals surface area contributed by atoms with Gasteiger partial charge in [0.05, 0.1) is 12.1 Å². The maximum Gasteiger partial charge on any atom is 0.271 e.